The molecule has 1 aliphatic rings. The lowest BCUT2D eigenvalue weighted by molar-refractivity contribution is -0.135. The Balaban J connectivity index is 0.00000225. The van der Waals surface area contributed by atoms with Crippen molar-refractivity contribution in [1.29, 1.82) is 0 Å². The smallest absolute Gasteiger partial charge is 0.239 e. The van der Waals surface area contributed by atoms with Crippen molar-refractivity contribution in [2.24, 2.45) is 17.6 Å². The van der Waals surface area contributed by atoms with Crippen molar-refractivity contribution in [3.8, 4) is 0 Å². The van der Waals surface area contributed by atoms with Crippen LogP contribution in [-0.4, -0.2) is 29.9 Å². The molecule has 0 aromatic rings. The van der Waals surface area contributed by atoms with E-state index in [0.29, 0.717) is 5.92 Å². The van der Waals surface area contributed by atoms with E-state index in [1.165, 1.54) is 6.42 Å². The van der Waals surface area contributed by atoms with Gasteiger partial charge in [-0.15, -0.1) is 12.4 Å². The summed E-state index contributed by atoms with van der Waals surface area (Å²) in [7, 11) is 0. The molecular weight excluding hydrogens is 224 g/mol. The molecule has 0 aromatic carbocycles. The van der Waals surface area contributed by atoms with Gasteiger partial charge in [-0.05, 0) is 24.7 Å². The highest BCUT2D eigenvalue weighted by Gasteiger charge is 2.27. The van der Waals surface area contributed by atoms with Crippen LogP contribution in [0.1, 0.15) is 40.0 Å². The molecule has 3 nitrogen and oxygen atoms in total. The van der Waals surface area contributed by atoms with E-state index in [1.54, 1.807) is 0 Å². The SMILES string of the molecule is CCC(C)C(N)C(=O)N1CCCC(C)C1.Cl. The second kappa shape index (κ2) is 7.13. The fourth-order valence-corrected chi connectivity index (χ4v) is 2.10. The van der Waals surface area contributed by atoms with E-state index in [9.17, 15) is 4.79 Å². The van der Waals surface area contributed by atoms with Gasteiger partial charge in [0.15, 0.2) is 0 Å². The van der Waals surface area contributed by atoms with Gasteiger partial charge in [0.05, 0.1) is 6.04 Å². The average molecular weight is 249 g/mol. The van der Waals surface area contributed by atoms with Gasteiger partial charge in [0.1, 0.15) is 0 Å². The van der Waals surface area contributed by atoms with Crippen LogP contribution in [0.25, 0.3) is 0 Å². The van der Waals surface area contributed by atoms with E-state index >= 15 is 0 Å². The third-order valence-electron chi connectivity index (χ3n) is 3.51. The third kappa shape index (κ3) is 3.95. The molecule has 0 aliphatic carbocycles. The summed E-state index contributed by atoms with van der Waals surface area (Å²) in [5.74, 6) is 1.07. The minimum atomic E-state index is -0.305. The number of hydrogen-bond donors (Lipinski definition) is 1. The number of carbonyl (C=O) groups is 1. The number of piperidine rings is 1. The van der Waals surface area contributed by atoms with Crippen molar-refractivity contribution in [3.63, 3.8) is 0 Å². The first kappa shape index (κ1) is 15.7. The van der Waals surface area contributed by atoms with Gasteiger partial charge < -0.3 is 10.6 Å². The molecule has 0 radical (unpaired) electrons. The quantitative estimate of drug-likeness (QED) is 0.831. The molecule has 0 saturated carbocycles. The Bertz CT molecular complexity index is 223. The number of amides is 1. The monoisotopic (exact) mass is 248 g/mol. The summed E-state index contributed by atoms with van der Waals surface area (Å²) in [6.45, 7) is 8.12. The number of halogens is 1. The lowest BCUT2D eigenvalue weighted by Gasteiger charge is -2.33. The summed E-state index contributed by atoms with van der Waals surface area (Å²) < 4.78 is 0. The van der Waals surface area contributed by atoms with Gasteiger partial charge >= 0.3 is 0 Å². The van der Waals surface area contributed by atoms with Gasteiger partial charge in [0, 0.05) is 13.1 Å². The Kier molecular flexibility index (Phi) is 7.00. The molecule has 3 atom stereocenters. The average Bonchev–Trinajstić information content (AvgIpc) is 2.26. The lowest BCUT2D eigenvalue weighted by atomic mass is 9.95. The van der Waals surface area contributed by atoms with Crippen molar-refractivity contribution >= 4 is 18.3 Å². The van der Waals surface area contributed by atoms with E-state index < -0.39 is 0 Å². The fraction of sp³-hybridized carbons (Fsp3) is 0.917. The first-order chi connectivity index (χ1) is 7.06. The number of carbonyl (C=O) groups excluding carboxylic acids is 1. The van der Waals surface area contributed by atoms with Crippen molar-refractivity contribution in [2.75, 3.05) is 13.1 Å². The predicted molar refractivity (Wildman–Crippen MR) is 69.7 cm³/mol. The van der Waals surface area contributed by atoms with Crippen molar-refractivity contribution < 1.29 is 4.79 Å². The van der Waals surface area contributed by atoms with Gasteiger partial charge in [0.25, 0.3) is 0 Å². The standard InChI is InChI=1S/C12H24N2O.ClH/c1-4-10(3)11(13)12(15)14-7-5-6-9(2)8-14;/h9-11H,4-8,13H2,1-3H3;1H. The van der Waals surface area contributed by atoms with E-state index in [0.717, 1.165) is 25.9 Å². The second-order valence-electron chi connectivity index (χ2n) is 4.94. The first-order valence-electron chi connectivity index (χ1n) is 6.10. The molecule has 4 heteroatoms. The maximum Gasteiger partial charge on any atom is 0.239 e. The molecule has 1 fully saturated rings. The Hall–Kier alpha value is -0.280. The number of rotatable bonds is 3. The Morgan fingerprint density at radius 2 is 2.19 bits per heavy atom. The van der Waals surface area contributed by atoms with Crippen molar-refractivity contribution in [2.45, 2.75) is 46.1 Å². The highest BCUT2D eigenvalue weighted by molar-refractivity contribution is 5.85. The summed E-state index contributed by atoms with van der Waals surface area (Å²) in [5.41, 5.74) is 5.96. The van der Waals surface area contributed by atoms with E-state index in [2.05, 4.69) is 20.8 Å². The summed E-state index contributed by atoms with van der Waals surface area (Å²) in [6.07, 6.45) is 3.33. The molecule has 1 aliphatic heterocycles. The molecule has 1 saturated heterocycles. The van der Waals surface area contributed by atoms with Gasteiger partial charge in [-0.2, -0.15) is 0 Å². The van der Waals surface area contributed by atoms with Crippen LogP contribution in [0.4, 0.5) is 0 Å². The minimum absolute atomic E-state index is 0. The zero-order chi connectivity index (χ0) is 11.4. The zero-order valence-corrected chi connectivity index (χ0v) is 11.4. The number of nitrogens with two attached hydrogens (primary N) is 1. The van der Waals surface area contributed by atoms with Crippen LogP contribution in [0.2, 0.25) is 0 Å². The van der Waals surface area contributed by atoms with Crippen LogP contribution in [0.5, 0.6) is 0 Å². The number of nitrogens with zero attached hydrogens (tertiary/aromatic N) is 1. The normalized spacial score (nSPS) is 24.5. The minimum Gasteiger partial charge on any atom is -0.341 e. The molecule has 1 rings (SSSR count). The first-order valence-corrected chi connectivity index (χ1v) is 6.10. The molecule has 2 N–H and O–H groups in total. The number of hydrogen-bond acceptors (Lipinski definition) is 2. The predicted octanol–water partition coefficient (Wildman–Crippen LogP) is 2.04. The molecule has 3 unspecified atom stereocenters. The highest BCUT2D eigenvalue weighted by atomic mass is 35.5. The molecule has 1 heterocycles. The molecule has 0 bridgehead atoms. The molecular formula is C12H25ClN2O. The zero-order valence-electron chi connectivity index (χ0n) is 10.6. The Labute approximate surface area is 105 Å². The van der Waals surface area contributed by atoms with Gasteiger partial charge in [-0.3, -0.25) is 4.79 Å². The maximum absolute atomic E-state index is 12.0. The van der Waals surface area contributed by atoms with E-state index in [1.807, 2.05) is 4.90 Å². The fourth-order valence-electron chi connectivity index (χ4n) is 2.10. The molecule has 1 amide bonds. The van der Waals surface area contributed by atoms with Crippen LogP contribution >= 0.6 is 12.4 Å². The Morgan fingerprint density at radius 3 is 2.69 bits per heavy atom. The van der Waals surface area contributed by atoms with Gasteiger partial charge in [-0.1, -0.05) is 27.2 Å². The van der Waals surface area contributed by atoms with E-state index in [4.69, 9.17) is 5.73 Å². The largest absolute Gasteiger partial charge is 0.341 e. The van der Waals surface area contributed by atoms with Crippen LogP contribution in [0.15, 0.2) is 0 Å². The van der Waals surface area contributed by atoms with Gasteiger partial charge in [-0.25, -0.2) is 0 Å². The summed E-state index contributed by atoms with van der Waals surface area (Å²) in [5, 5.41) is 0. The lowest BCUT2D eigenvalue weighted by Crippen LogP contribution is -2.50. The van der Waals surface area contributed by atoms with Crippen LogP contribution in [0.3, 0.4) is 0 Å². The summed E-state index contributed by atoms with van der Waals surface area (Å²) in [6, 6.07) is -0.305. The molecule has 0 aromatic heterocycles. The van der Waals surface area contributed by atoms with Crippen LogP contribution in [-0.2, 0) is 4.79 Å². The van der Waals surface area contributed by atoms with E-state index in [-0.39, 0.29) is 30.3 Å². The topological polar surface area (TPSA) is 46.3 Å². The van der Waals surface area contributed by atoms with Crippen molar-refractivity contribution in [1.82, 2.24) is 4.90 Å². The molecule has 96 valence electrons. The van der Waals surface area contributed by atoms with Crippen LogP contribution < -0.4 is 5.73 Å². The molecule has 0 spiro atoms. The van der Waals surface area contributed by atoms with Crippen molar-refractivity contribution in [3.05, 3.63) is 0 Å². The molecule has 16 heavy (non-hydrogen) atoms. The van der Waals surface area contributed by atoms with Gasteiger partial charge in [0.2, 0.25) is 5.91 Å². The summed E-state index contributed by atoms with van der Waals surface area (Å²) in [4.78, 5) is 14.0. The third-order valence-corrected chi connectivity index (χ3v) is 3.51. The number of likely N-dealkylation sites (tertiary alicyclic amines) is 1. The second-order valence-corrected chi connectivity index (χ2v) is 4.94. The highest BCUT2D eigenvalue weighted by Crippen LogP contribution is 2.17. The van der Waals surface area contributed by atoms with Crippen LogP contribution in [0, 0.1) is 11.8 Å². The summed E-state index contributed by atoms with van der Waals surface area (Å²) >= 11 is 0. The maximum atomic E-state index is 12.0. The Morgan fingerprint density at radius 1 is 1.56 bits per heavy atom.